The Morgan fingerprint density at radius 1 is 1.33 bits per heavy atom. The number of aliphatic hydroxyl groups is 1. The topological polar surface area (TPSA) is 23.5 Å². The highest BCUT2D eigenvalue weighted by Gasteiger charge is 2.13. The van der Waals surface area contributed by atoms with Crippen LogP contribution in [0.15, 0.2) is 23.1 Å². The molecule has 0 aliphatic carbocycles. The summed E-state index contributed by atoms with van der Waals surface area (Å²) in [7, 11) is 0. The zero-order valence-electron chi connectivity index (χ0n) is 11.3. The molecule has 0 radical (unpaired) electrons. The minimum Gasteiger partial charge on any atom is -0.389 e. The van der Waals surface area contributed by atoms with Crippen LogP contribution in [0.4, 0.5) is 4.39 Å². The van der Waals surface area contributed by atoms with Crippen LogP contribution in [0, 0.1) is 5.82 Å². The van der Waals surface area contributed by atoms with E-state index in [2.05, 4.69) is 18.7 Å². The molecular formula is C14H22FNOS. The molecule has 4 heteroatoms. The summed E-state index contributed by atoms with van der Waals surface area (Å²) in [5.41, 5.74) is 0.419. The van der Waals surface area contributed by atoms with Gasteiger partial charge in [-0.2, -0.15) is 0 Å². The minimum absolute atomic E-state index is 0.321. The molecular weight excluding hydrogens is 249 g/mol. The third kappa shape index (κ3) is 4.26. The Morgan fingerprint density at radius 2 is 2.00 bits per heavy atom. The first-order valence-corrected chi connectivity index (χ1v) is 7.40. The van der Waals surface area contributed by atoms with Crippen LogP contribution in [-0.2, 0) is 0 Å². The molecule has 0 amide bonds. The smallest absolute Gasteiger partial charge is 0.130 e. The maximum atomic E-state index is 13.6. The summed E-state index contributed by atoms with van der Waals surface area (Å²) in [5, 5.41) is 9.62. The molecule has 0 heterocycles. The molecule has 0 unspecified atom stereocenters. The van der Waals surface area contributed by atoms with Crippen molar-refractivity contribution in [2.75, 3.05) is 25.4 Å². The van der Waals surface area contributed by atoms with Gasteiger partial charge in [-0.1, -0.05) is 19.9 Å². The third-order valence-corrected chi connectivity index (χ3v) is 4.04. The van der Waals surface area contributed by atoms with E-state index in [1.165, 1.54) is 6.07 Å². The fourth-order valence-corrected chi connectivity index (χ4v) is 3.04. The molecule has 18 heavy (non-hydrogen) atoms. The lowest BCUT2D eigenvalue weighted by Gasteiger charge is -2.18. The monoisotopic (exact) mass is 271 g/mol. The molecule has 1 aromatic carbocycles. The first-order valence-electron chi connectivity index (χ1n) is 6.41. The van der Waals surface area contributed by atoms with Crippen molar-refractivity contribution in [2.24, 2.45) is 0 Å². The maximum absolute atomic E-state index is 13.6. The van der Waals surface area contributed by atoms with E-state index >= 15 is 0 Å². The number of benzene rings is 1. The van der Waals surface area contributed by atoms with Crippen molar-refractivity contribution in [1.82, 2.24) is 4.90 Å². The van der Waals surface area contributed by atoms with Gasteiger partial charge < -0.3 is 10.0 Å². The number of nitrogens with zero attached hydrogens (tertiary/aromatic N) is 1. The van der Waals surface area contributed by atoms with Crippen molar-refractivity contribution in [3.8, 4) is 0 Å². The zero-order valence-corrected chi connectivity index (χ0v) is 12.1. The summed E-state index contributed by atoms with van der Waals surface area (Å²) in [6.07, 6.45) is -0.762. The van der Waals surface area contributed by atoms with Gasteiger partial charge in [0, 0.05) is 22.8 Å². The second kappa shape index (κ2) is 7.77. The van der Waals surface area contributed by atoms with E-state index in [9.17, 15) is 9.50 Å². The molecule has 1 aromatic rings. The van der Waals surface area contributed by atoms with Crippen molar-refractivity contribution < 1.29 is 9.50 Å². The lowest BCUT2D eigenvalue weighted by atomic mass is 10.1. The Kier molecular flexibility index (Phi) is 6.68. The summed E-state index contributed by atoms with van der Waals surface area (Å²) in [5.74, 6) is 0.586. The molecule has 0 aliphatic rings. The maximum Gasteiger partial charge on any atom is 0.130 e. The van der Waals surface area contributed by atoms with Gasteiger partial charge in [0.2, 0.25) is 0 Å². The van der Waals surface area contributed by atoms with Gasteiger partial charge in [0.1, 0.15) is 5.82 Å². The molecule has 0 saturated carbocycles. The molecule has 102 valence electrons. The second-order valence-corrected chi connectivity index (χ2v) is 5.34. The lowest BCUT2D eigenvalue weighted by molar-refractivity contribution is 0.191. The summed E-state index contributed by atoms with van der Waals surface area (Å²) in [6.45, 7) is 8.92. The largest absolute Gasteiger partial charge is 0.389 e. The van der Waals surface area contributed by atoms with Gasteiger partial charge in [0.05, 0.1) is 6.10 Å². The highest BCUT2D eigenvalue weighted by molar-refractivity contribution is 7.99. The molecule has 1 rings (SSSR count). The Morgan fingerprint density at radius 3 is 2.56 bits per heavy atom. The van der Waals surface area contributed by atoms with Gasteiger partial charge in [-0.05, 0) is 32.1 Å². The number of halogens is 1. The van der Waals surface area contributed by atoms with E-state index in [4.69, 9.17) is 0 Å². The van der Waals surface area contributed by atoms with Crippen LogP contribution in [0.25, 0.3) is 0 Å². The third-order valence-electron chi connectivity index (χ3n) is 2.99. The number of thioether (sulfide) groups is 1. The molecule has 0 fully saturated rings. The van der Waals surface area contributed by atoms with Crippen LogP contribution < -0.4 is 0 Å². The lowest BCUT2D eigenvalue weighted by Crippen LogP contribution is -2.25. The van der Waals surface area contributed by atoms with Crippen LogP contribution in [0.2, 0.25) is 0 Å². The number of hydrogen-bond acceptors (Lipinski definition) is 3. The van der Waals surface area contributed by atoms with Gasteiger partial charge >= 0.3 is 0 Å². The fraction of sp³-hybridized carbons (Fsp3) is 0.571. The molecule has 1 atom stereocenters. The summed E-state index contributed by atoms with van der Waals surface area (Å²) in [4.78, 5) is 3.17. The normalized spacial score (nSPS) is 13.0. The van der Waals surface area contributed by atoms with Crippen molar-refractivity contribution >= 4 is 11.8 Å². The van der Waals surface area contributed by atoms with E-state index in [-0.39, 0.29) is 5.82 Å². The Labute approximate surface area is 113 Å². The van der Waals surface area contributed by atoms with Crippen molar-refractivity contribution in [3.05, 3.63) is 29.6 Å². The van der Waals surface area contributed by atoms with Crippen molar-refractivity contribution in [3.63, 3.8) is 0 Å². The van der Waals surface area contributed by atoms with E-state index in [1.807, 2.05) is 6.07 Å². The molecule has 0 spiro atoms. The Hall–Kier alpha value is -0.580. The van der Waals surface area contributed by atoms with E-state index in [0.717, 1.165) is 30.3 Å². The average molecular weight is 271 g/mol. The molecule has 0 saturated heterocycles. The van der Waals surface area contributed by atoms with Gasteiger partial charge in [0.25, 0.3) is 0 Å². The Balaban J connectivity index is 2.64. The Bertz CT molecular complexity index is 367. The zero-order chi connectivity index (χ0) is 13.5. The number of hydrogen-bond donors (Lipinski definition) is 1. The predicted octanol–water partition coefficient (Wildman–Crippen LogP) is 3.31. The molecule has 2 nitrogen and oxygen atoms in total. The van der Waals surface area contributed by atoms with Crippen LogP contribution in [-0.4, -0.2) is 35.4 Å². The number of aliphatic hydroxyl groups excluding tert-OH is 1. The highest BCUT2D eigenvalue weighted by Crippen LogP contribution is 2.29. The minimum atomic E-state index is -0.762. The summed E-state index contributed by atoms with van der Waals surface area (Å²) in [6, 6.07) is 4.97. The molecule has 0 aliphatic heterocycles. The van der Waals surface area contributed by atoms with Crippen LogP contribution in [0.3, 0.4) is 0 Å². The average Bonchev–Trinajstić information content (AvgIpc) is 2.34. The highest BCUT2D eigenvalue weighted by atomic mass is 32.2. The first kappa shape index (κ1) is 15.5. The SMILES string of the molecule is CCN(CC)CCSc1cccc(F)c1[C@@H](C)O. The van der Waals surface area contributed by atoms with Gasteiger partial charge in [-0.25, -0.2) is 4.39 Å². The fourth-order valence-electron chi connectivity index (χ4n) is 1.87. The van der Waals surface area contributed by atoms with Crippen molar-refractivity contribution in [2.45, 2.75) is 31.8 Å². The van der Waals surface area contributed by atoms with Gasteiger partial charge in [-0.15, -0.1) is 11.8 Å². The van der Waals surface area contributed by atoms with Crippen LogP contribution in [0.1, 0.15) is 32.4 Å². The van der Waals surface area contributed by atoms with E-state index < -0.39 is 6.10 Å². The van der Waals surface area contributed by atoms with E-state index in [0.29, 0.717) is 5.56 Å². The standard InChI is InChI=1S/C14H22FNOS/c1-4-16(5-2)9-10-18-13-8-6-7-12(15)14(13)11(3)17/h6-8,11,17H,4-5,9-10H2,1-3H3/t11-/m1/s1. The first-order chi connectivity index (χ1) is 8.60. The summed E-state index contributed by atoms with van der Waals surface area (Å²) < 4.78 is 13.6. The van der Waals surface area contributed by atoms with Gasteiger partial charge in [-0.3, -0.25) is 0 Å². The van der Waals surface area contributed by atoms with Gasteiger partial charge in [0.15, 0.2) is 0 Å². The van der Waals surface area contributed by atoms with Crippen LogP contribution in [0.5, 0.6) is 0 Å². The van der Waals surface area contributed by atoms with Crippen LogP contribution >= 0.6 is 11.8 Å². The van der Waals surface area contributed by atoms with E-state index in [1.54, 1.807) is 24.8 Å². The summed E-state index contributed by atoms with van der Waals surface area (Å²) >= 11 is 1.61. The second-order valence-electron chi connectivity index (χ2n) is 4.20. The predicted molar refractivity (Wildman–Crippen MR) is 75.5 cm³/mol. The molecule has 1 N–H and O–H groups in total. The quantitative estimate of drug-likeness (QED) is 0.770. The number of rotatable bonds is 7. The molecule has 0 bridgehead atoms. The molecule has 0 aromatic heterocycles. The van der Waals surface area contributed by atoms with Crippen molar-refractivity contribution in [1.29, 1.82) is 0 Å².